The van der Waals surface area contributed by atoms with Crippen LogP contribution in [0.25, 0.3) is 10.9 Å². The SMILES string of the molecule is O=C(NCC1CCCCC1)Oc1ccc2[nH]ccc2c1. The minimum Gasteiger partial charge on any atom is -0.410 e. The second-order valence-corrected chi connectivity index (χ2v) is 5.50. The number of hydrogen-bond donors (Lipinski definition) is 2. The highest BCUT2D eigenvalue weighted by atomic mass is 16.6. The molecule has 1 fully saturated rings. The van der Waals surface area contributed by atoms with Gasteiger partial charge < -0.3 is 15.0 Å². The lowest BCUT2D eigenvalue weighted by Crippen LogP contribution is -2.32. The Hall–Kier alpha value is -1.97. The highest BCUT2D eigenvalue weighted by Crippen LogP contribution is 2.23. The molecular formula is C16H20N2O2. The lowest BCUT2D eigenvalue weighted by atomic mass is 9.89. The van der Waals surface area contributed by atoms with Crippen molar-refractivity contribution >= 4 is 17.0 Å². The van der Waals surface area contributed by atoms with E-state index in [0.29, 0.717) is 11.7 Å². The first-order chi connectivity index (χ1) is 9.81. The van der Waals surface area contributed by atoms with Gasteiger partial charge in [0.1, 0.15) is 5.75 Å². The van der Waals surface area contributed by atoms with Crippen molar-refractivity contribution in [1.82, 2.24) is 10.3 Å². The summed E-state index contributed by atoms with van der Waals surface area (Å²) < 4.78 is 5.32. The van der Waals surface area contributed by atoms with Crippen molar-refractivity contribution in [2.24, 2.45) is 5.92 Å². The second-order valence-electron chi connectivity index (χ2n) is 5.50. The summed E-state index contributed by atoms with van der Waals surface area (Å²) in [4.78, 5) is 14.9. The Bertz CT molecular complexity index is 585. The molecule has 1 saturated carbocycles. The number of rotatable bonds is 3. The summed E-state index contributed by atoms with van der Waals surface area (Å²) in [6.07, 6.45) is 7.85. The predicted octanol–water partition coefficient (Wildman–Crippen LogP) is 3.84. The molecule has 0 unspecified atom stereocenters. The molecule has 1 aliphatic carbocycles. The smallest absolute Gasteiger partial charge is 0.410 e. The number of H-pyrrole nitrogens is 1. The Morgan fingerprint density at radius 2 is 2.10 bits per heavy atom. The number of carbonyl (C=O) groups is 1. The zero-order chi connectivity index (χ0) is 13.8. The van der Waals surface area contributed by atoms with Crippen molar-refractivity contribution in [3.8, 4) is 5.75 Å². The van der Waals surface area contributed by atoms with Gasteiger partial charge in [0.05, 0.1) is 0 Å². The standard InChI is InChI=1S/C16H20N2O2/c19-16(18-11-12-4-2-1-3-5-12)20-14-6-7-15-13(10-14)8-9-17-15/h6-10,12,17H,1-5,11H2,(H,18,19). The van der Waals surface area contributed by atoms with Crippen LogP contribution in [0.5, 0.6) is 5.75 Å². The van der Waals surface area contributed by atoms with E-state index in [0.717, 1.165) is 17.4 Å². The molecule has 0 spiro atoms. The molecule has 0 bridgehead atoms. The molecule has 0 radical (unpaired) electrons. The van der Waals surface area contributed by atoms with Crippen LogP contribution in [-0.4, -0.2) is 17.6 Å². The number of amides is 1. The van der Waals surface area contributed by atoms with Crippen LogP contribution in [-0.2, 0) is 0 Å². The number of nitrogens with one attached hydrogen (secondary N) is 2. The molecule has 0 saturated heterocycles. The summed E-state index contributed by atoms with van der Waals surface area (Å²) in [6, 6.07) is 7.55. The Kier molecular flexibility index (Phi) is 3.90. The van der Waals surface area contributed by atoms with Crippen LogP contribution in [0, 0.1) is 5.92 Å². The number of ether oxygens (including phenoxy) is 1. The fraction of sp³-hybridized carbons (Fsp3) is 0.438. The average molecular weight is 272 g/mol. The summed E-state index contributed by atoms with van der Waals surface area (Å²) in [6.45, 7) is 0.727. The highest BCUT2D eigenvalue weighted by molar-refractivity contribution is 5.82. The third-order valence-electron chi connectivity index (χ3n) is 4.00. The normalized spacial score (nSPS) is 16.2. The molecule has 1 amide bonds. The van der Waals surface area contributed by atoms with Crippen LogP contribution in [0.3, 0.4) is 0 Å². The van der Waals surface area contributed by atoms with E-state index in [1.165, 1.54) is 32.1 Å². The minimum absolute atomic E-state index is 0.356. The van der Waals surface area contributed by atoms with Gasteiger partial charge in [0.25, 0.3) is 0 Å². The molecule has 1 aliphatic rings. The molecule has 4 nitrogen and oxygen atoms in total. The number of fused-ring (bicyclic) bond motifs is 1. The maximum atomic E-state index is 11.8. The second kappa shape index (κ2) is 5.99. The quantitative estimate of drug-likeness (QED) is 0.892. The Balaban J connectivity index is 1.52. The monoisotopic (exact) mass is 272 g/mol. The zero-order valence-corrected chi connectivity index (χ0v) is 11.5. The first-order valence-electron chi connectivity index (χ1n) is 7.34. The summed E-state index contributed by atoms with van der Waals surface area (Å²) in [5, 5.41) is 3.92. The maximum absolute atomic E-state index is 11.8. The zero-order valence-electron chi connectivity index (χ0n) is 11.5. The third-order valence-corrected chi connectivity index (χ3v) is 4.00. The van der Waals surface area contributed by atoms with Gasteiger partial charge in [-0.2, -0.15) is 0 Å². The van der Waals surface area contributed by atoms with Gasteiger partial charge in [-0.15, -0.1) is 0 Å². The molecule has 2 N–H and O–H groups in total. The lowest BCUT2D eigenvalue weighted by Gasteiger charge is -2.21. The molecule has 3 rings (SSSR count). The van der Waals surface area contributed by atoms with Gasteiger partial charge in [-0.25, -0.2) is 4.79 Å². The average Bonchev–Trinajstić information content (AvgIpc) is 2.94. The van der Waals surface area contributed by atoms with Crippen molar-refractivity contribution in [3.63, 3.8) is 0 Å². The fourth-order valence-corrected chi connectivity index (χ4v) is 2.86. The number of aromatic amines is 1. The lowest BCUT2D eigenvalue weighted by molar-refractivity contribution is 0.196. The molecule has 0 aliphatic heterocycles. The number of aromatic nitrogens is 1. The van der Waals surface area contributed by atoms with Gasteiger partial charge in [-0.3, -0.25) is 0 Å². The van der Waals surface area contributed by atoms with Crippen molar-refractivity contribution < 1.29 is 9.53 Å². The van der Waals surface area contributed by atoms with E-state index >= 15 is 0 Å². The van der Waals surface area contributed by atoms with Crippen LogP contribution < -0.4 is 10.1 Å². The minimum atomic E-state index is -0.356. The van der Waals surface area contributed by atoms with Crippen molar-refractivity contribution in [2.45, 2.75) is 32.1 Å². The maximum Gasteiger partial charge on any atom is 0.412 e. The van der Waals surface area contributed by atoms with E-state index < -0.39 is 0 Å². The van der Waals surface area contributed by atoms with E-state index in [2.05, 4.69) is 10.3 Å². The van der Waals surface area contributed by atoms with Gasteiger partial charge >= 0.3 is 6.09 Å². The molecule has 4 heteroatoms. The van der Waals surface area contributed by atoms with Gasteiger partial charge in [-0.1, -0.05) is 19.3 Å². The van der Waals surface area contributed by atoms with Crippen LogP contribution in [0.15, 0.2) is 30.5 Å². The number of hydrogen-bond acceptors (Lipinski definition) is 2. The molecule has 20 heavy (non-hydrogen) atoms. The summed E-state index contributed by atoms with van der Waals surface area (Å²) >= 11 is 0. The summed E-state index contributed by atoms with van der Waals surface area (Å²) in [5.41, 5.74) is 1.04. The van der Waals surface area contributed by atoms with Crippen molar-refractivity contribution in [3.05, 3.63) is 30.5 Å². The van der Waals surface area contributed by atoms with Crippen LogP contribution in [0.4, 0.5) is 4.79 Å². The Morgan fingerprint density at radius 1 is 1.25 bits per heavy atom. The van der Waals surface area contributed by atoms with E-state index in [-0.39, 0.29) is 6.09 Å². The van der Waals surface area contributed by atoms with E-state index in [9.17, 15) is 4.79 Å². The third kappa shape index (κ3) is 3.13. The van der Waals surface area contributed by atoms with Gasteiger partial charge in [0, 0.05) is 23.6 Å². The molecule has 1 aromatic carbocycles. The summed E-state index contributed by atoms with van der Waals surface area (Å²) in [5.74, 6) is 1.20. The van der Waals surface area contributed by atoms with Crippen molar-refractivity contribution in [2.75, 3.05) is 6.54 Å². The number of benzene rings is 1. The van der Waals surface area contributed by atoms with Crippen LogP contribution >= 0.6 is 0 Å². The molecule has 106 valence electrons. The number of carbonyl (C=O) groups excluding carboxylic acids is 1. The van der Waals surface area contributed by atoms with Crippen LogP contribution in [0.1, 0.15) is 32.1 Å². The topological polar surface area (TPSA) is 54.1 Å². The Morgan fingerprint density at radius 3 is 2.95 bits per heavy atom. The van der Waals surface area contributed by atoms with Gasteiger partial charge in [0.15, 0.2) is 0 Å². The molecule has 1 heterocycles. The van der Waals surface area contributed by atoms with Crippen molar-refractivity contribution in [1.29, 1.82) is 0 Å². The van der Waals surface area contributed by atoms with Gasteiger partial charge in [-0.05, 0) is 43.0 Å². The molecule has 1 aromatic heterocycles. The van der Waals surface area contributed by atoms with Crippen LogP contribution in [0.2, 0.25) is 0 Å². The van der Waals surface area contributed by atoms with E-state index in [4.69, 9.17) is 4.74 Å². The highest BCUT2D eigenvalue weighted by Gasteiger charge is 2.14. The molecular weight excluding hydrogens is 252 g/mol. The first-order valence-corrected chi connectivity index (χ1v) is 7.34. The largest absolute Gasteiger partial charge is 0.412 e. The predicted molar refractivity (Wildman–Crippen MR) is 78.9 cm³/mol. The van der Waals surface area contributed by atoms with E-state index in [1.54, 1.807) is 6.07 Å². The molecule has 0 atom stereocenters. The van der Waals surface area contributed by atoms with Gasteiger partial charge in [0.2, 0.25) is 0 Å². The Labute approximate surface area is 118 Å². The molecule has 2 aromatic rings. The van der Waals surface area contributed by atoms with E-state index in [1.807, 2.05) is 24.4 Å². The summed E-state index contributed by atoms with van der Waals surface area (Å²) in [7, 11) is 0. The first kappa shape index (κ1) is 13.0. The fourth-order valence-electron chi connectivity index (χ4n) is 2.86.